The third kappa shape index (κ3) is 3.91. The molecule has 0 fully saturated rings. The van der Waals surface area contributed by atoms with E-state index in [1.165, 1.54) is 10.9 Å². The maximum Gasteiger partial charge on any atom is 1.00 e. The number of carbonyl (C=O) groups is 1. The third-order valence-electron chi connectivity index (χ3n) is 3.25. The van der Waals surface area contributed by atoms with Gasteiger partial charge in [0, 0.05) is 17.5 Å². The summed E-state index contributed by atoms with van der Waals surface area (Å²) in [5, 5.41) is 4.30. The van der Waals surface area contributed by atoms with E-state index in [0.29, 0.717) is 23.7 Å². The molecule has 0 amide bonds. The Morgan fingerprint density at radius 1 is 1.43 bits per heavy atom. The number of nitrogens with zero attached hydrogens (tertiary/aromatic N) is 3. The Bertz CT molecular complexity index is 752. The smallest absolute Gasteiger partial charge is 0.589 e. The first-order chi connectivity index (χ1) is 10.6. The van der Waals surface area contributed by atoms with Crippen molar-refractivity contribution in [3.8, 4) is 5.82 Å². The second-order valence-electron chi connectivity index (χ2n) is 5.53. The number of thioether (sulfide) groups is 1. The Balaban J connectivity index is 0.00000192. The van der Waals surface area contributed by atoms with E-state index in [1.807, 2.05) is 13.8 Å². The van der Waals surface area contributed by atoms with Crippen LogP contribution in [0.25, 0.3) is 5.82 Å². The van der Waals surface area contributed by atoms with Crippen molar-refractivity contribution in [1.82, 2.24) is 14.8 Å². The Kier molecular flexibility index (Phi) is 6.13. The summed E-state index contributed by atoms with van der Waals surface area (Å²) in [6.45, 7) is 4.31. The Hall–Kier alpha value is -1.02. The van der Waals surface area contributed by atoms with Crippen LogP contribution in [0.1, 0.15) is 35.5 Å². The maximum absolute atomic E-state index is 12.2. The molecule has 0 saturated heterocycles. The minimum Gasteiger partial charge on any atom is -0.589 e. The van der Waals surface area contributed by atoms with Crippen LogP contribution in [0.15, 0.2) is 23.1 Å². The number of fused-ring (bicyclic) bond motifs is 1. The van der Waals surface area contributed by atoms with Gasteiger partial charge in [0.25, 0.3) is 0 Å². The quantitative estimate of drug-likeness (QED) is 0.511. The van der Waals surface area contributed by atoms with Crippen molar-refractivity contribution in [3.05, 3.63) is 45.5 Å². The summed E-state index contributed by atoms with van der Waals surface area (Å²) in [7, 11) is 0. The van der Waals surface area contributed by atoms with E-state index >= 15 is 0 Å². The Morgan fingerprint density at radius 2 is 2.22 bits per heavy atom. The molecular weight excluding hydrogens is 325 g/mol. The summed E-state index contributed by atoms with van der Waals surface area (Å²) in [6, 6.07) is 3.22. The van der Waals surface area contributed by atoms with Crippen LogP contribution >= 0.6 is 11.8 Å². The van der Waals surface area contributed by atoms with Gasteiger partial charge in [0.1, 0.15) is 5.82 Å². The molecule has 0 aromatic carbocycles. The van der Waals surface area contributed by atoms with E-state index in [4.69, 9.17) is 4.74 Å². The Labute approximate surface area is 160 Å². The summed E-state index contributed by atoms with van der Waals surface area (Å²) < 4.78 is 6.44. The molecule has 1 aliphatic heterocycles. The molecule has 0 radical (unpaired) electrons. The van der Waals surface area contributed by atoms with Gasteiger partial charge in [-0.25, -0.2) is 9.78 Å². The number of rotatable bonds is 4. The SMILES string of the molecule is CC(C)COC(=O)c1ccc(-n2[n-]c3c(c2=O)CSC3)nc1.[Na+]. The van der Waals surface area contributed by atoms with Crippen LogP contribution in [-0.2, 0) is 16.2 Å². The van der Waals surface area contributed by atoms with Crippen LogP contribution in [-0.4, -0.2) is 22.2 Å². The molecule has 0 N–H and O–H groups in total. The number of ether oxygens (including phenoxy) is 1. The number of hydrogen-bond acceptors (Lipinski definition) is 5. The minimum atomic E-state index is -0.408. The van der Waals surface area contributed by atoms with Crippen molar-refractivity contribution in [2.24, 2.45) is 5.92 Å². The van der Waals surface area contributed by atoms with E-state index < -0.39 is 5.97 Å². The van der Waals surface area contributed by atoms with Gasteiger partial charge in [0.15, 0.2) is 0 Å². The van der Waals surface area contributed by atoms with Crippen molar-refractivity contribution in [1.29, 1.82) is 0 Å². The number of esters is 1. The molecule has 0 unspecified atom stereocenters. The van der Waals surface area contributed by atoms with Crippen LogP contribution in [0.2, 0.25) is 0 Å². The molecule has 2 aromatic heterocycles. The van der Waals surface area contributed by atoms with Gasteiger partial charge in [-0.15, -0.1) is 5.69 Å². The van der Waals surface area contributed by atoms with Crippen molar-refractivity contribution < 1.29 is 39.1 Å². The first-order valence-corrected chi connectivity index (χ1v) is 8.21. The standard InChI is InChI=1S/C15H17N3O3S.Na/c1-9(2)6-21-15(20)10-3-4-13(16-5-10)18-14(19)11-7-22-8-12(11)17-18;/h3-5,9H,6-8H2,1-2H3,(H,17,19);/q;+1/p-1. The zero-order valence-corrected chi connectivity index (χ0v) is 16.2. The van der Waals surface area contributed by atoms with E-state index in [-0.39, 0.29) is 41.0 Å². The molecule has 6 nitrogen and oxygen atoms in total. The molecule has 0 atom stereocenters. The fourth-order valence-electron chi connectivity index (χ4n) is 2.10. The largest absolute Gasteiger partial charge is 1.00 e. The predicted octanol–water partition coefficient (Wildman–Crippen LogP) is -1.25. The maximum atomic E-state index is 12.2. The first-order valence-electron chi connectivity index (χ1n) is 7.05. The molecule has 3 heterocycles. The van der Waals surface area contributed by atoms with Gasteiger partial charge in [-0.2, -0.15) is 11.8 Å². The molecule has 1 aliphatic rings. The molecular formula is C15H16N3NaO3S. The van der Waals surface area contributed by atoms with Gasteiger partial charge >= 0.3 is 35.5 Å². The summed E-state index contributed by atoms with van der Waals surface area (Å²) in [6.07, 6.45) is 1.42. The fraction of sp³-hybridized carbons (Fsp3) is 0.400. The third-order valence-corrected chi connectivity index (χ3v) is 4.22. The van der Waals surface area contributed by atoms with Gasteiger partial charge < -0.3 is 14.5 Å². The average Bonchev–Trinajstić information content (AvgIpc) is 3.08. The van der Waals surface area contributed by atoms with E-state index in [2.05, 4.69) is 10.1 Å². The van der Waals surface area contributed by atoms with Gasteiger partial charge in [-0.1, -0.05) is 13.8 Å². The fourth-order valence-corrected chi connectivity index (χ4v) is 3.12. The molecule has 2 aromatic rings. The molecule has 3 rings (SSSR count). The zero-order chi connectivity index (χ0) is 15.7. The summed E-state index contributed by atoms with van der Waals surface area (Å²) in [5.41, 5.74) is 1.83. The zero-order valence-electron chi connectivity index (χ0n) is 13.4. The molecule has 0 bridgehead atoms. The summed E-state index contributed by atoms with van der Waals surface area (Å²) >= 11 is 1.68. The molecule has 8 heteroatoms. The summed E-state index contributed by atoms with van der Waals surface area (Å²) in [4.78, 5) is 28.2. The number of carbonyl (C=O) groups excluding carboxylic acids is 1. The van der Waals surface area contributed by atoms with E-state index in [1.54, 1.807) is 23.9 Å². The van der Waals surface area contributed by atoms with E-state index in [0.717, 1.165) is 17.0 Å². The molecule has 0 saturated carbocycles. The van der Waals surface area contributed by atoms with Crippen molar-refractivity contribution in [2.45, 2.75) is 25.4 Å². The minimum absolute atomic E-state index is 0. The van der Waals surface area contributed by atoms with Crippen LogP contribution < -0.4 is 40.2 Å². The first kappa shape index (κ1) is 18.3. The van der Waals surface area contributed by atoms with Crippen LogP contribution in [0.3, 0.4) is 0 Å². The van der Waals surface area contributed by atoms with Crippen LogP contribution in [0.5, 0.6) is 0 Å². The second kappa shape index (κ2) is 7.70. The second-order valence-corrected chi connectivity index (χ2v) is 6.52. The van der Waals surface area contributed by atoms with Crippen molar-refractivity contribution >= 4 is 17.7 Å². The monoisotopic (exact) mass is 341 g/mol. The molecule has 0 spiro atoms. The predicted molar refractivity (Wildman–Crippen MR) is 83.3 cm³/mol. The summed E-state index contributed by atoms with van der Waals surface area (Å²) in [5.74, 6) is 1.76. The van der Waals surface area contributed by atoms with Gasteiger partial charge in [-0.05, 0) is 23.8 Å². The topological polar surface area (TPSA) is 75.3 Å². The van der Waals surface area contributed by atoms with Gasteiger partial charge in [-0.3, -0.25) is 4.79 Å². The molecule has 0 aliphatic carbocycles. The average molecular weight is 341 g/mol. The van der Waals surface area contributed by atoms with Crippen LogP contribution in [0.4, 0.5) is 0 Å². The molecule has 116 valence electrons. The van der Waals surface area contributed by atoms with Gasteiger partial charge in [0.05, 0.1) is 12.2 Å². The van der Waals surface area contributed by atoms with Crippen LogP contribution in [0, 0.1) is 5.92 Å². The van der Waals surface area contributed by atoms with Gasteiger partial charge in [0.2, 0.25) is 5.56 Å². The number of aromatic nitrogens is 3. The normalized spacial score (nSPS) is 12.8. The number of pyridine rings is 1. The van der Waals surface area contributed by atoms with E-state index in [9.17, 15) is 9.59 Å². The Morgan fingerprint density at radius 3 is 2.83 bits per heavy atom. The van der Waals surface area contributed by atoms with Crippen molar-refractivity contribution in [3.63, 3.8) is 0 Å². The van der Waals surface area contributed by atoms with Crippen molar-refractivity contribution in [2.75, 3.05) is 6.61 Å². The number of hydrogen-bond donors (Lipinski definition) is 0. The molecule has 23 heavy (non-hydrogen) atoms.